The number of urea groups is 1. The second kappa shape index (κ2) is 7.46. The molecule has 1 heterocycles. The molecule has 0 aromatic heterocycles. The van der Waals surface area contributed by atoms with Crippen LogP contribution in [0.1, 0.15) is 25.7 Å². The Hall–Kier alpha value is -0.810. The smallest absolute Gasteiger partial charge is 0.317 e. The van der Waals surface area contributed by atoms with Gasteiger partial charge < -0.3 is 19.7 Å². The predicted octanol–water partition coefficient (Wildman–Crippen LogP) is 1.19. The molecule has 2 amide bonds. The number of carbonyl (C=O) groups is 1. The van der Waals surface area contributed by atoms with Gasteiger partial charge in [-0.3, -0.25) is 0 Å². The first-order valence-electron chi connectivity index (χ1n) is 5.86. The van der Waals surface area contributed by atoms with Crippen molar-refractivity contribution >= 4 is 6.03 Å². The maximum Gasteiger partial charge on any atom is 0.317 e. The van der Waals surface area contributed by atoms with E-state index in [1.807, 2.05) is 4.90 Å². The van der Waals surface area contributed by atoms with Crippen LogP contribution < -0.4 is 5.32 Å². The van der Waals surface area contributed by atoms with Crippen LogP contribution in [0.15, 0.2) is 0 Å². The largest absolute Gasteiger partial charge is 0.354 e. The molecular weight excluding hydrogens is 208 g/mol. The Morgan fingerprint density at radius 2 is 1.75 bits per heavy atom. The van der Waals surface area contributed by atoms with E-state index in [9.17, 15) is 4.79 Å². The Balaban J connectivity index is 2.27. The van der Waals surface area contributed by atoms with Gasteiger partial charge in [0, 0.05) is 27.3 Å². The van der Waals surface area contributed by atoms with Crippen LogP contribution in [-0.4, -0.2) is 51.1 Å². The lowest BCUT2D eigenvalue weighted by molar-refractivity contribution is -0.0975. The minimum atomic E-state index is -0.365. The van der Waals surface area contributed by atoms with Gasteiger partial charge in [0.2, 0.25) is 0 Å². The molecule has 0 atom stereocenters. The second-order valence-corrected chi connectivity index (χ2v) is 3.99. The molecule has 0 bridgehead atoms. The fourth-order valence-electron chi connectivity index (χ4n) is 1.82. The quantitative estimate of drug-likeness (QED) is 0.738. The third-order valence-electron chi connectivity index (χ3n) is 2.84. The molecule has 0 saturated carbocycles. The molecule has 1 fully saturated rings. The standard InChI is InChI=1S/C11H22N2O3/c1-15-10(16-2)9-12-11(14)13-7-5-3-4-6-8-13/h10H,3-9H2,1-2H3,(H,12,14). The molecule has 5 heteroatoms. The molecular formula is C11H22N2O3. The number of amides is 2. The number of nitrogens with one attached hydrogen (secondary N) is 1. The van der Waals surface area contributed by atoms with E-state index < -0.39 is 0 Å². The van der Waals surface area contributed by atoms with E-state index in [0.29, 0.717) is 6.54 Å². The van der Waals surface area contributed by atoms with Gasteiger partial charge in [0.15, 0.2) is 6.29 Å². The molecule has 1 saturated heterocycles. The fraction of sp³-hybridized carbons (Fsp3) is 0.909. The summed E-state index contributed by atoms with van der Waals surface area (Å²) in [5.74, 6) is 0. The molecule has 1 N–H and O–H groups in total. The first-order valence-corrected chi connectivity index (χ1v) is 5.86. The van der Waals surface area contributed by atoms with Gasteiger partial charge in [-0.25, -0.2) is 4.79 Å². The lowest BCUT2D eigenvalue weighted by atomic mass is 10.2. The number of carbonyl (C=O) groups excluding carboxylic acids is 1. The molecule has 0 spiro atoms. The van der Waals surface area contributed by atoms with E-state index in [4.69, 9.17) is 9.47 Å². The van der Waals surface area contributed by atoms with Gasteiger partial charge in [-0.1, -0.05) is 12.8 Å². The minimum absolute atomic E-state index is 0.0130. The molecule has 0 aliphatic carbocycles. The van der Waals surface area contributed by atoms with Crippen LogP contribution >= 0.6 is 0 Å². The number of nitrogens with zero attached hydrogens (tertiary/aromatic N) is 1. The SMILES string of the molecule is COC(CNC(=O)N1CCCCCC1)OC. The summed E-state index contributed by atoms with van der Waals surface area (Å²) in [4.78, 5) is 13.7. The first-order chi connectivity index (χ1) is 7.77. The van der Waals surface area contributed by atoms with Crippen molar-refractivity contribution in [3.05, 3.63) is 0 Å². The van der Waals surface area contributed by atoms with Gasteiger partial charge in [-0.15, -0.1) is 0 Å². The first kappa shape index (κ1) is 13.3. The maximum absolute atomic E-state index is 11.8. The highest BCUT2D eigenvalue weighted by atomic mass is 16.7. The fourth-order valence-corrected chi connectivity index (χ4v) is 1.82. The zero-order valence-electron chi connectivity index (χ0n) is 10.2. The summed E-state index contributed by atoms with van der Waals surface area (Å²) in [6.07, 6.45) is 4.29. The molecule has 0 aromatic carbocycles. The number of rotatable bonds is 4. The number of methoxy groups -OCH3 is 2. The van der Waals surface area contributed by atoms with Crippen molar-refractivity contribution in [3.8, 4) is 0 Å². The highest BCUT2D eigenvalue weighted by molar-refractivity contribution is 5.74. The highest BCUT2D eigenvalue weighted by Gasteiger charge is 2.16. The Labute approximate surface area is 97.1 Å². The van der Waals surface area contributed by atoms with E-state index in [1.165, 1.54) is 12.8 Å². The van der Waals surface area contributed by atoms with Crippen molar-refractivity contribution in [1.82, 2.24) is 10.2 Å². The molecule has 0 unspecified atom stereocenters. The minimum Gasteiger partial charge on any atom is -0.354 e. The monoisotopic (exact) mass is 230 g/mol. The summed E-state index contributed by atoms with van der Waals surface area (Å²) in [5.41, 5.74) is 0. The Morgan fingerprint density at radius 1 is 1.19 bits per heavy atom. The lowest BCUT2D eigenvalue weighted by Crippen LogP contribution is -2.44. The van der Waals surface area contributed by atoms with E-state index >= 15 is 0 Å². The predicted molar refractivity (Wildman–Crippen MR) is 61.2 cm³/mol. The Kier molecular flexibility index (Phi) is 6.18. The molecule has 5 nitrogen and oxygen atoms in total. The van der Waals surface area contributed by atoms with Crippen LogP contribution in [0.4, 0.5) is 4.79 Å². The summed E-state index contributed by atoms with van der Waals surface area (Å²) in [5, 5.41) is 2.82. The van der Waals surface area contributed by atoms with Gasteiger partial charge in [0.1, 0.15) is 0 Å². The van der Waals surface area contributed by atoms with Crippen LogP contribution in [0.2, 0.25) is 0 Å². The number of likely N-dealkylation sites (tertiary alicyclic amines) is 1. The average Bonchev–Trinajstić information content (AvgIpc) is 2.58. The number of hydrogen-bond donors (Lipinski definition) is 1. The highest BCUT2D eigenvalue weighted by Crippen LogP contribution is 2.09. The molecule has 94 valence electrons. The van der Waals surface area contributed by atoms with Crippen molar-refractivity contribution in [2.45, 2.75) is 32.0 Å². The Morgan fingerprint density at radius 3 is 2.25 bits per heavy atom. The molecule has 0 aromatic rings. The van der Waals surface area contributed by atoms with E-state index in [-0.39, 0.29) is 12.3 Å². The zero-order chi connectivity index (χ0) is 11.8. The van der Waals surface area contributed by atoms with Gasteiger partial charge in [0.25, 0.3) is 0 Å². The maximum atomic E-state index is 11.8. The third kappa shape index (κ3) is 4.37. The summed E-state index contributed by atoms with van der Waals surface area (Å²) in [6.45, 7) is 2.11. The van der Waals surface area contributed by atoms with Gasteiger partial charge in [-0.05, 0) is 12.8 Å². The molecule has 1 aliphatic rings. The second-order valence-electron chi connectivity index (χ2n) is 3.99. The summed E-state index contributed by atoms with van der Waals surface area (Å²) in [7, 11) is 3.12. The van der Waals surface area contributed by atoms with Crippen molar-refractivity contribution < 1.29 is 14.3 Å². The summed E-state index contributed by atoms with van der Waals surface area (Å²) in [6, 6.07) is -0.0130. The number of hydrogen-bond acceptors (Lipinski definition) is 3. The Bertz CT molecular complexity index is 199. The van der Waals surface area contributed by atoms with Crippen LogP contribution in [0.5, 0.6) is 0 Å². The van der Waals surface area contributed by atoms with Crippen LogP contribution in [0.25, 0.3) is 0 Å². The molecule has 1 aliphatic heterocycles. The van der Waals surface area contributed by atoms with Gasteiger partial charge >= 0.3 is 6.03 Å². The van der Waals surface area contributed by atoms with E-state index in [1.54, 1.807) is 14.2 Å². The zero-order valence-corrected chi connectivity index (χ0v) is 10.2. The third-order valence-corrected chi connectivity index (χ3v) is 2.84. The van der Waals surface area contributed by atoms with E-state index in [2.05, 4.69) is 5.32 Å². The van der Waals surface area contributed by atoms with Crippen LogP contribution in [0, 0.1) is 0 Å². The van der Waals surface area contributed by atoms with Crippen molar-refractivity contribution in [3.63, 3.8) is 0 Å². The normalized spacial score (nSPS) is 17.3. The van der Waals surface area contributed by atoms with E-state index in [0.717, 1.165) is 25.9 Å². The molecule has 16 heavy (non-hydrogen) atoms. The van der Waals surface area contributed by atoms with Crippen molar-refractivity contribution in [2.75, 3.05) is 33.9 Å². The van der Waals surface area contributed by atoms with Crippen LogP contribution in [-0.2, 0) is 9.47 Å². The lowest BCUT2D eigenvalue weighted by Gasteiger charge is -2.22. The molecule has 1 rings (SSSR count). The average molecular weight is 230 g/mol. The summed E-state index contributed by atoms with van der Waals surface area (Å²) < 4.78 is 10.0. The van der Waals surface area contributed by atoms with Crippen molar-refractivity contribution in [2.24, 2.45) is 0 Å². The van der Waals surface area contributed by atoms with Gasteiger partial charge in [0.05, 0.1) is 6.54 Å². The summed E-state index contributed by atoms with van der Waals surface area (Å²) >= 11 is 0. The topological polar surface area (TPSA) is 50.8 Å². The van der Waals surface area contributed by atoms with Gasteiger partial charge in [-0.2, -0.15) is 0 Å². The van der Waals surface area contributed by atoms with Crippen LogP contribution in [0.3, 0.4) is 0 Å². The van der Waals surface area contributed by atoms with Crippen molar-refractivity contribution in [1.29, 1.82) is 0 Å². The number of ether oxygens (including phenoxy) is 2. The molecule has 0 radical (unpaired) electrons.